The summed E-state index contributed by atoms with van der Waals surface area (Å²) in [6, 6.07) is 9.68. The molecule has 0 aliphatic carbocycles. The highest BCUT2D eigenvalue weighted by Crippen LogP contribution is 2.26. The third-order valence-corrected chi connectivity index (χ3v) is 4.69. The van der Waals surface area contributed by atoms with E-state index in [4.69, 9.17) is 4.74 Å². The van der Waals surface area contributed by atoms with Crippen LogP contribution in [0, 0.1) is 6.92 Å². The standard InChI is InChI=1S/C20H25N3O2/c1-15-21-18(14-20(24)22-15)16-9-12-23(13-10-16)11-5-7-17-6-3-4-8-19(17)25-2/h3-8,14,16H,9-13H2,1-2H3,(H,21,22,24)/b7-5+. The van der Waals surface area contributed by atoms with E-state index in [1.165, 1.54) is 0 Å². The minimum atomic E-state index is -0.0512. The summed E-state index contributed by atoms with van der Waals surface area (Å²) in [6.45, 7) is 4.80. The van der Waals surface area contributed by atoms with Gasteiger partial charge in [-0.15, -0.1) is 0 Å². The summed E-state index contributed by atoms with van der Waals surface area (Å²) in [6.07, 6.45) is 6.39. The maximum Gasteiger partial charge on any atom is 0.251 e. The molecule has 0 radical (unpaired) electrons. The Kier molecular flexibility index (Phi) is 5.66. The van der Waals surface area contributed by atoms with E-state index in [-0.39, 0.29) is 5.56 Å². The molecule has 5 heteroatoms. The second kappa shape index (κ2) is 8.12. The van der Waals surface area contributed by atoms with E-state index in [1.807, 2.05) is 25.1 Å². The quantitative estimate of drug-likeness (QED) is 0.910. The van der Waals surface area contributed by atoms with Crippen LogP contribution >= 0.6 is 0 Å². The maximum atomic E-state index is 11.6. The van der Waals surface area contributed by atoms with Crippen molar-refractivity contribution in [2.24, 2.45) is 0 Å². The van der Waals surface area contributed by atoms with E-state index < -0.39 is 0 Å². The monoisotopic (exact) mass is 339 g/mol. The number of hydrogen-bond acceptors (Lipinski definition) is 4. The van der Waals surface area contributed by atoms with E-state index in [1.54, 1.807) is 13.2 Å². The Bertz CT molecular complexity index is 790. The second-order valence-corrected chi connectivity index (χ2v) is 6.47. The topological polar surface area (TPSA) is 58.2 Å². The number of H-pyrrole nitrogens is 1. The Hall–Kier alpha value is -2.40. The summed E-state index contributed by atoms with van der Waals surface area (Å²) < 4.78 is 5.37. The number of nitrogens with zero attached hydrogens (tertiary/aromatic N) is 2. The van der Waals surface area contributed by atoms with Crippen LogP contribution in [0.3, 0.4) is 0 Å². The van der Waals surface area contributed by atoms with Crippen LogP contribution in [0.25, 0.3) is 6.08 Å². The number of methoxy groups -OCH3 is 1. The molecule has 1 aliphatic heterocycles. The smallest absolute Gasteiger partial charge is 0.251 e. The summed E-state index contributed by atoms with van der Waals surface area (Å²) in [5, 5.41) is 0. The van der Waals surface area contributed by atoms with Crippen LogP contribution in [0.15, 0.2) is 41.2 Å². The van der Waals surface area contributed by atoms with Crippen LogP contribution in [0.4, 0.5) is 0 Å². The first-order valence-corrected chi connectivity index (χ1v) is 8.75. The van der Waals surface area contributed by atoms with Gasteiger partial charge in [0.15, 0.2) is 0 Å². The summed E-state index contributed by atoms with van der Waals surface area (Å²) in [4.78, 5) is 21.3. The molecular formula is C20H25N3O2. The van der Waals surface area contributed by atoms with Gasteiger partial charge in [0.1, 0.15) is 11.6 Å². The van der Waals surface area contributed by atoms with Gasteiger partial charge in [-0.2, -0.15) is 0 Å². The zero-order valence-corrected chi connectivity index (χ0v) is 14.9. The van der Waals surface area contributed by atoms with Crippen LogP contribution in [0.2, 0.25) is 0 Å². The lowest BCUT2D eigenvalue weighted by atomic mass is 9.93. The summed E-state index contributed by atoms with van der Waals surface area (Å²) in [5.41, 5.74) is 1.98. The molecule has 25 heavy (non-hydrogen) atoms. The van der Waals surface area contributed by atoms with Gasteiger partial charge in [-0.1, -0.05) is 30.4 Å². The van der Waals surface area contributed by atoms with Crippen molar-refractivity contribution in [1.82, 2.24) is 14.9 Å². The molecule has 0 spiro atoms. The summed E-state index contributed by atoms with van der Waals surface area (Å²) >= 11 is 0. The summed E-state index contributed by atoms with van der Waals surface area (Å²) in [7, 11) is 1.70. The average molecular weight is 339 g/mol. The third-order valence-electron chi connectivity index (χ3n) is 4.69. The van der Waals surface area contributed by atoms with Gasteiger partial charge in [0.25, 0.3) is 5.56 Å². The van der Waals surface area contributed by atoms with Gasteiger partial charge < -0.3 is 9.72 Å². The fourth-order valence-corrected chi connectivity index (χ4v) is 3.36. The zero-order valence-electron chi connectivity index (χ0n) is 14.9. The van der Waals surface area contributed by atoms with Gasteiger partial charge in [0.05, 0.1) is 12.8 Å². The predicted molar refractivity (Wildman–Crippen MR) is 100 cm³/mol. The molecule has 1 saturated heterocycles. The number of nitrogens with one attached hydrogen (secondary N) is 1. The number of aromatic nitrogens is 2. The highest BCUT2D eigenvalue weighted by atomic mass is 16.5. The second-order valence-electron chi connectivity index (χ2n) is 6.47. The SMILES string of the molecule is COc1ccccc1/C=C/CN1CCC(c2cc(=O)[nH]c(C)n2)CC1. The molecule has 0 unspecified atom stereocenters. The number of piperidine rings is 1. The van der Waals surface area contributed by atoms with Crippen molar-refractivity contribution in [2.75, 3.05) is 26.7 Å². The Balaban J connectivity index is 1.54. The van der Waals surface area contributed by atoms with Gasteiger partial charge >= 0.3 is 0 Å². The molecule has 1 aromatic carbocycles. The number of benzene rings is 1. The van der Waals surface area contributed by atoms with E-state index in [0.29, 0.717) is 11.7 Å². The molecule has 1 N–H and O–H groups in total. The van der Waals surface area contributed by atoms with Crippen LogP contribution in [-0.2, 0) is 0 Å². The Morgan fingerprint density at radius 3 is 2.80 bits per heavy atom. The largest absolute Gasteiger partial charge is 0.496 e. The Morgan fingerprint density at radius 2 is 2.08 bits per heavy atom. The normalized spacial score (nSPS) is 16.4. The fraction of sp³-hybridized carbons (Fsp3) is 0.400. The van der Waals surface area contributed by atoms with E-state index in [9.17, 15) is 4.79 Å². The lowest BCUT2D eigenvalue weighted by Crippen LogP contribution is -2.33. The molecule has 132 valence electrons. The predicted octanol–water partition coefficient (Wildman–Crippen LogP) is 2.98. The fourth-order valence-electron chi connectivity index (χ4n) is 3.36. The number of para-hydroxylation sites is 1. The molecule has 1 aliphatic rings. The maximum absolute atomic E-state index is 11.6. The number of likely N-dealkylation sites (tertiary alicyclic amines) is 1. The first-order chi connectivity index (χ1) is 12.2. The average Bonchev–Trinajstić information content (AvgIpc) is 2.62. The van der Waals surface area contributed by atoms with Gasteiger partial charge in [-0.3, -0.25) is 9.69 Å². The van der Waals surface area contributed by atoms with Gasteiger partial charge in [-0.25, -0.2) is 4.98 Å². The van der Waals surface area contributed by atoms with Gasteiger partial charge in [0.2, 0.25) is 0 Å². The molecule has 0 amide bonds. The van der Waals surface area contributed by atoms with Crippen LogP contribution in [-0.4, -0.2) is 41.6 Å². The molecular weight excluding hydrogens is 314 g/mol. The minimum Gasteiger partial charge on any atom is -0.496 e. The van der Waals surface area contributed by atoms with Crippen molar-refractivity contribution in [3.63, 3.8) is 0 Å². The van der Waals surface area contributed by atoms with Crippen LogP contribution < -0.4 is 10.3 Å². The zero-order chi connectivity index (χ0) is 17.6. The number of rotatable bonds is 5. The minimum absolute atomic E-state index is 0.0512. The van der Waals surface area contributed by atoms with E-state index in [2.05, 4.69) is 33.1 Å². The lowest BCUT2D eigenvalue weighted by Gasteiger charge is -2.30. The molecule has 2 aromatic rings. The van der Waals surface area contributed by atoms with Crippen molar-refractivity contribution in [3.8, 4) is 5.75 Å². The van der Waals surface area contributed by atoms with Crippen molar-refractivity contribution in [2.45, 2.75) is 25.7 Å². The Morgan fingerprint density at radius 1 is 1.32 bits per heavy atom. The highest BCUT2D eigenvalue weighted by molar-refractivity contribution is 5.57. The van der Waals surface area contributed by atoms with Crippen molar-refractivity contribution in [1.29, 1.82) is 0 Å². The van der Waals surface area contributed by atoms with Crippen LogP contribution in [0.1, 0.15) is 35.8 Å². The summed E-state index contributed by atoms with van der Waals surface area (Å²) in [5.74, 6) is 1.98. The number of aryl methyl sites for hydroxylation is 1. The van der Waals surface area contributed by atoms with E-state index >= 15 is 0 Å². The molecule has 0 saturated carbocycles. The van der Waals surface area contributed by atoms with Crippen molar-refractivity contribution < 1.29 is 4.74 Å². The van der Waals surface area contributed by atoms with Crippen molar-refractivity contribution in [3.05, 3.63) is 63.8 Å². The van der Waals surface area contributed by atoms with Crippen molar-refractivity contribution >= 4 is 6.08 Å². The molecule has 0 atom stereocenters. The molecule has 1 fully saturated rings. The molecule has 5 nitrogen and oxygen atoms in total. The lowest BCUT2D eigenvalue weighted by molar-refractivity contribution is 0.231. The number of aromatic amines is 1. The molecule has 2 heterocycles. The first-order valence-electron chi connectivity index (χ1n) is 8.75. The number of hydrogen-bond donors (Lipinski definition) is 1. The molecule has 1 aromatic heterocycles. The Labute approximate surface area is 148 Å². The third kappa shape index (κ3) is 4.57. The number of ether oxygens (including phenoxy) is 1. The molecule has 0 bridgehead atoms. The van der Waals surface area contributed by atoms with Crippen LogP contribution in [0.5, 0.6) is 5.75 Å². The highest BCUT2D eigenvalue weighted by Gasteiger charge is 2.21. The van der Waals surface area contributed by atoms with Gasteiger partial charge in [-0.05, 0) is 38.9 Å². The van der Waals surface area contributed by atoms with Gasteiger partial charge in [0, 0.05) is 24.1 Å². The first kappa shape index (κ1) is 17.4. The molecule has 3 rings (SSSR count). The van der Waals surface area contributed by atoms with E-state index in [0.717, 1.165) is 49.5 Å².